The second kappa shape index (κ2) is 6.13. The fourth-order valence-electron chi connectivity index (χ4n) is 2.23. The van der Waals surface area contributed by atoms with E-state index in [1.807, 2.05) is 30.3 Å². The molecule has 118 valence electrons. The minimum absolute atomic E-state index is 0.124. The lowest BCUT2D eigenvalue weighted by Gasteiger charge is -2.16. The third-order valence-electron chi connectivity index (χ3n) is 3.43. The fourth-order valence-corrected chi connectivity index (χ4v) is 4.31. The van der Waals surface area contributed by atoms with E-state index in [0.717, 1.165) is 17.3 Å². The quantitative estimate of drug-likeness (QED) is 0.817. The Labute approximate surface area is 141 Å². The van der Waals surface area contributed by atoms with Crippen molar-refractivity contribution in [3.05, 3.63) is 56.9 Å². The Kier molecular flexibility index (Phi) is 4.18. The van der Waals surface area contributed by atoms with Crippen molar-refractivity contribution in [1.29, 1.82) is 5.41 Å². The number of amides is 1. The first-order chi connectivity index (χ1) is 11.0. The Morgan fingerprint density at radius 1 is 1.30 bits per heavy atom. The topological polar surface area (TPSA) is 84.7 Å². The number of carbonyl (C=O) groups excluding carboxylic acids is 1. The third kappa shape index (κ3) is 2.87. The van der Waals surface area contributed by atoms with E-state index in [-0.39, 0.29) is 16.8 Å². The number of aliphatic carboxylic acids is 1. The summed E-state index contributed by atoms with van der Waals surface area (Å²) in [5.74, 6) is -1.31. The molecule has 1 saturated heterocycles. The number of hydrogen-bond acceptors (Lipinski definition) is 6. The Bertz CT molecular complexity index is 758. The van der Waals surface area contributed by atoms with Crippen LogP contribution in [0.25, 0.3) is 0 Å². The maximum atomic E-state index is 12.6. The van der Waals surface area contributed by atoms with Crippen LogP contribution >= 0.6 is 23.5 Å². The van der Waals surface area contributed by atoms with Gasteiger partial charge in [0.1, 0.15) is 10.6 Å². The molecule has 0 aliphatic carbocycles. The van der Waals surface area contributed by atoms with Crippen LogP contribution in [0.15, 0.2) is 51.4 Å². The molecule has 0 bridgehead atoms. The largest absolute Gasteiger partial charge is 0.477 e. The summed E-state index contributed by atoms with van der Waals surface area (Å²) in [7, 11) is 1.61. The van der Waals surface area contributed by atoms with Crippen molar-refractivity contribution in [2.24, 2.45) is 0 Å². The van der Waals surface area contributed by atoms with Gasteiger partial charge in [0.05, 0.1) is 11.6 Å². The van der Waals surface area contributed by atoms with E-state index < -0.39 is 5.97 Å². The monoisotopic (exact) mass is 347 g/mol. The van der Waals surface area contributed by atoms with Crippen LogP contribution in [0.3, 0.4) is 0 Å². The lowest BCUT2D eigenvalue weighted by molar-refractivity contribution is -0.134. The van der Waals surface area contributed by atoms with Crippen LogP contribution in [0, 0.1) is 5.41 Å². The molecule has 0 unspecified atom stereocenters. The van der Waals surface area contributed by atoms with Crippen LogP contribution in [0.5, 0.6) is 0 Å². The zero-order valence-electron chi connectivity index (χ0n) is 12.1. The second-order valence-electron chi connectivity index (χ2n) is 4.90. The first kappa shape index (κ1) is 15.7. The summed E-state index contributed by atoms with van der Waals surface area (Å²) in [6.45, 7) is 0.329. The van der Waals surface area contributed by atoms with E-state index in [2.05, 4.69) is 0 Å². The number of carbonyl (C=O) groups is 2. The summed E-state index contributed by atoms with van der Waals surface area (Å²) in [4.78, 5) is 27.0. The molecule has 1 aromatic carbocycles. The molecule has 0 spiro atoms. The van der Waals surface area contributed by atoms with Gasteiger partial charge in [-0.25, -0.2) is 4.79 Å². The number of carboxylic acid groups (broad SMARTS) is 1. The van der Waals surface area contributed by atoms with Crippen LogP contribution in [-0.4, -0.2) is 39.0 Å². The average Bonchev–Trinajstić information content (AvgIpc) is 3.03. The average molecular weight is 347 g/mol. The molecule has 0 saturated carbocycles. The van der Waals surface area contributed by atoms with E-state index in [9.17, 15) is 9.59 Å². The molecule has 23 heavy (non-hydrogen) atoms. The molecule has 1 aromatic rings. The van der Waals surface area contributed by atoms with Crippen molar-refractivity contribution in [3.8, 4) is 0 Å². The van der Waals surface area contributed by atoms with E-state index in [1.165, 1.54) is 27.0 Å². The van der Waals surface area contributed by atoms with Crippen LogP contribution in [-0.2, 0) is 16.1 Å². The summed E-state index contributed by atoms with van der Waals surface area (Å²) in [5, 5.41) is 19.4. The molecule has 0 aromatic heterocycles. The number of amidine groups is 1. The predicted octanol–water partition coefficient (Wildman–Crippen LogP) is 2.47. The molecule has 3 rings (SSSR count). The minimum atomic E-state index is -1.04. The van der Waals surface area contributed by atoms with E-state index in [4.69, 9.17) is 10.5 Å². The van der Waals surface area contributed by atoms with Gasteiger partial charge in [-0.05, 0) is 17.3 Å². The summed E-state index contributed by atoms with van der Waals surface area (Å²) >= 11 is 2.26. The molecule has 2 aliphatic heterocycles. The number of nitrogens with zero attached hydrogens (tertiary/aromatic N) is 2. The number of hydrogen-bond donors (Lipinski definition) is 2. The van der Waals surface area contributed by atoms with Gasteiger partial charge in [-0.15, -0.1) is 0 Å². The van der Waals surface area contributed by atoms with Crippen molar-refractivity contribution in [2.45, 2.75) is 6.54 Å². The van der Waals surface area contributed by atoms with Crippen LogP contribution in [0.2, 0.25) is 0 Å². The van der Waals surface area contributed by atoms with Gasteiger partial charge in [0.2, 0.25) is 0 Å². The summed E-state index contributed by atoms with van der Waals surface area (Å²) in [6.07, 6.45) is 0. The van der Waals surface area contributed by atoms with Crippen molar-refractivity contribution in [1.82, 2.24) is 9.80 Å². The number of thioether (sulfide) groups is 2. The van der Waals surface area contributed by atoms with Crippen molar-refractivity contribution < 1.29 is 14.7 Å². The first-order valence-electron chi connectivity index (χ1n) is 6.69. The number of likely N-dealkylation sites (N-methyl/N-ethyl adjacent to an activating group) is 1. The highest BCUT2D eigenvalue weighted by molar-refractivity contribution is 8.19. The first-order valence-corrected chi connectivity index (χ1v) is 8.39. The van der Waals surface area contributed by atoms with Gasteiger partial charge < -0.3 is 10.0 Å². The van der Waals surface area contributed by atoms with Gasteiger partial charge in [0.15, 0.2) is 5.17 Å². The minimum Gasteiger partial charge on any atom is -0.477 e. The molecule has 6 nitrogen and oxygen atoms in total. The molecule has 0 atom stereocenters. The molecule has 1 fully saturated rings. The second-order valence-corrected chi connectivity index (χ2v) is 6.76. The lowest BCUT2D eigenvalue weighted by atomic mass is 10.2. The van der Waals surface area contributed by atoms with Gasteiger partial charge >= 0.3 is 5.97 Å². The number of rotatable bonds is 3. The highest BCUT2D eigenvalue weighted by Crippen LogP contribution is 2.43. The third-order valence-corrected chi connectivity index (χ3v) is 5.59. The van der Waals surface area contributed by atoms with Crippen LogP contribution in [0.4, 0.5) is 0 Å². The molecular formula is C15H13N3O3S2. The van der Waals surface area contributed by atoms with E-state index >= 15 is 0 Å². The van der Waals surface area contributed by atoms with Crippen molar-refractivity contribution in [2.75, 3.05) is 7.05 Å². The van der Waals surface area contributed by atoms with Crippen molar-refractivity contribution in [3.63, 3.8) is 0 Å². The van der Waals surface area contributed by atoms with Crippen molar-refractivity contribution >= 4 is 40.6 Å². The zero-order valence-corrected chi connectivity index (χ0v) is 13.8. The summed E-state index contributed by atoms with van der Waals surface area (Å²) < 4.78 is 0. The Hall–Kier alpha value is -2.19. The van der Waals surface area contributed by atoms with Gasteiger partial charge in [-0.3, -0.25) is 15.1 Å². The standard InChI is InChI=1S/C15H13N3O3S2/c1-17-10(14(20)21)8-22-13(17)11-12(19)18(15(16)23-11)7-9-5-3-2-4-6-9/h2-6,8,16H,7H2,1H3,(H,20,21)/b13-11-,16-15?. The molecule has 2 heterocycles. The van der Waals surface area contributed by atoms with Crippen LogP contribution in [0.1, 0.15) is 5.56 Å². The molecular weight excluding hydrogens is 334 g/mol. The highest BCUT2D eigenvalue weighted by Gasteiger charge is 2.38. The Balaban J connectivity index is 1.85. The maximum absolute atomic E-state index is 12.6. The number of benzene rings is 1. The lowest BCUT2D eigenvalue weighted by Crippen LogP contribution is -2.28. The zero-order chi connectivity index (χ0) is 16.6. The van der Waals surface area contributed by atoms with Crippen LogP contribution < -0.4 is 0 Å². The van der Waals surface area contributed by atoms with Gasteiger partial charge in [-0.1, -0.05) is 42.1 Å². The molecule has 2 aliphatic rings. The van der Waals surface area contributed by atoms with E-state index in [0.29, 0.717) is 16.5 Å². The SMILES string of the molecule is CN1C(C(=O)O)=CS/C1=C1\SC(=N)N(Cc2ccccc2)C1=O. The molecule has 8 heteroatoms. The predicted molar refractivity (Wildman–Crippen MR) is 90.4 cm³/mol. The van der Waals surface area contributed by atoms with E-state index in [1.54, 1.807) is 7.05 Å². The molecule has 2 N–H and O–H groups in total. The van der Waals surface area contributed by atoms with Gasteiger partial charge in [0.25, 0.3) is 5.91 Å². The normalized spacial score (nSPS) is 21.2. The Morgan fingerprint density at radius 3 is 2.61 bits per heavy atom. The highest BCUT2D eigenvalue weighted by atomic mass is 32.2. The molecule has 1 amide bonds. The number of nitrogens with one attached hydrogen (secondary N) is 1. The molecule has 0 radical (unpaired) electrons. The Morgan fingerprint density at radius 2 is 2.00 bits per heavy atom. The number of carboxylic acids is 1. The fraction of sp³-hybridized carbons (Fsp3) is 0.133. The summed E-state index contributed by atoms with van der Waals surface area (Å²) in [5.41, 5.74) is 1.06. The van der Waals surface area contributed by atoms with Gasteiger partial charge in [0, 0.05) is 12.5 Å². The smallest absolute Gasteiger partial charge is 0.353 e. The summed E-state index contributed by atoms with van der Waals surface area (Å²) in [6, 6.07) is 9.46. The van der Waals surface area contributed by atoms with Gasteiger partial charge in [-0.2, -0.15) is 0 Å². The maximum Gasteiger partial charge on any atom is 0.353 e.